The zero-order valence-electron chi connectivity index (χ0n) is 9.74. The normalized spacial score (nSPS) is 11.9. The van der Waals surface area contributed by atoms with Gasteiger partial charge in [-0.05, 0) is 13.3 Å². The number of aromatic nitrogens is 2. The predicted molar refractivity (Wildman–Crippen MR) is 59.4 cm³/mol. The van der Waals surface area contributed by atoms with E-state index in [0.717, 1.165) is 0 Å². The van der Waals surface area contributed by atoms with Crippen LogP contribution in [0.3, 0.4) is 0 Å². The van der Waals surface area contributed by atoms with Crippen LogP contribution in [0.25, 0.3) is 0 Å². The van der Waals surface area contributed by atoms with Crippen LogP contribution in [-0.2, 0) is 6.42 Å². The average Bonchev–Trinajstić information content (AvgIpc) is 2.29. The Morgan fingerprint density at radius 2 is 2.25 bits per heavy atom. The summed E-state index contributed by atoms with van der Waals surface area (Å²) in [6.07, 6.45) is 1.88. The Hall–Kier alpha value is -1.70. The van der Waals surface area contributed by atoms with Crippen molar-refractivity contribution in [1.29, 1.82) is 5.26 Å². The van der Waals surface area contributed by atoms with Gasteiger partial charge in [0.2, 0.25) is 0 Å². The lowest BCUT2D eigenvalue weighted by Crippen LogP contribution is -2.25. The van der Waals surface area contributed by atoms with Crippen LogP contribution in [0.1, 0.15) is 19.5 Å². The molecule has 0 aliphatic carbocycles. The summed E-state index contributed by atoms with van der Waals surface area (Å²) in [6.45, 7) is 4.08. The van der Waals surface area contributed by atoms with E-state index in [1.807, 2.05) is 6.92 Å². The number of nitrogens with zero attached hydrogens (tertiary/aromatic N) is 4. The highest BCUT2D eigenvalue weighted by molar-refractivity contribution is 5.40. The van der Waals surface area contributed by atoms with Crippen LogP contribution in [0.15, 0.2) is 6.33 Å². The van der Waals surface area contributed by atoms with Crippen molar-refractivity contribution in [2.75, 3.05) is 18.5 Å². The molecule has 86 valence electrons. The van der Waals surface area contributed by atoms with E-state index in [1.54, 1.807) is 18.9 Å². The van der Waals surface area contributed by atoms with Crippen LogP contribution >= 0.6 is 0 Å². The third-order valence-electron chi connectivity index (χ3n) is 2.31. The van der Waals surface area contributed by atoms with Crippen molar-refractivity contribution in [2.24, 2.45) is 5.92 Å². The van der Waals surface area contributed by atoms with Crippen LogP contribution < -0.4 is 4.90 Å². The third-order valence-corrected chi connectivity index (χ3v) is 2.31. The fourth-order valence-electron chi connectivity index (χ4n) is 1.45. The number of nitriles is 1. The molecule has 0 saturated heterocycles. The van der Waals surface area contributed by atoms with E-state index in [9.17, 15) is 4.39 Å². The molecule has 0 bridgehead atoms. The highest BCUT2D eigenvalue weighted by atomic mass is 19.1. The SMILES string of the molecule is CCc1ncnc(N(C)CC(C)C#N)c1F. The van der Waals surface area contributed by atoms with E-state index >= 15 is 0 Å². The molecule has 0 radical (unpaired) electrons. The molecule has 0 spiro atoms. The van der Waals surface area contributed by atoms with E-state index in [0.29, 0.717) is 18.7 Å². The maximum absolute atomic E-state index is 13.8. The lowest BCUT2D eigenvalue weighted by molar-refractivity contribution is 0.582. The molecule has 1 heterocycles. The van der Waals surface area contributed by atoms with E-state index < -0.39 is 5.82 Å². The Morgan fingerprint density at radius 1 is 1.56 bits per heavy atom. The molecule has 0 saturated carbocycles. The first kappa shape index (κ1) is 12.4. The maximum atomic E-state index is 13.8. The molecule has 1 aromatic heterocycles. The van der Waals surface area contributed by atoms with Gasteiger partial charge in [-0.3, -0.25) is 0 Å². The molecule has 16 heavy (non-hydrogen) atoms. The van der Waals surface area contributed by atoms with Gasteiger partial charge in [0.25, 0.3) is 0 Å². The van der Waals surface area contributed by atoms with Gasteiger partial charge in [-0.1, -0.05) is 6.92 Å². The first-order valence-corrected chi connectivity index (χ1v) is 5.20. The minimum atomic E-state index is -0.391. The Kier molecular flexibility index (Phi) is 4.18. The number of halogens is 1. The molecule has 4 nitrogen and oxygen atoms in total. The molecule has 1 aromatic rings. The van der Waals surface area contributed by atoms with Gasteiger partial charge in [0.15, 0.2) is 11.6 Å². The zero-order chi connectivity index (χ0) is 12.1. The van der Waals surface area contributed by atoms with E-state index in [1.165, 1.54) is 6.33 Å². The summed E-state index contributed by atoms with van der Waals surface area (Å²) in [7, 11) is 1.72. The van der Waals surface area contributed by atoms with Crippen LogP contribution in [0.5, 0.6) is 0 Å². The lowest BCUT2D eigenvalue weighted by Gasteiger charge is -2.20. The quantitative estimate of drug-likeness (QED) is 0.779. The average molecular weight is 222 g/mol. The zero-order valence-corrected chi connectivity index (χ0v) is 9.74. The number of hydrogen-bond acceptors (Lipinski definition) is 4. The highest BCUT2D eigenvalue weighted by Crippen LogP contribution is 2.17. The summed E-state index contributed by atoms with van der Waals surface area (Å²) in [4.78, 5) is 9.41. The standard InChI is InChI=1S/C11H15FN4/c1-4-9-10(12)11(15-7-14-9)16(3)6-8(2)5-13/h7-8H,4,6H2,1-3H3. The topological polar surface area (TPSA) is 52.8 Å². The Labute approximate surface area is 94.7 Å². The van der Waals surface area contributed by atoms with Gasteiger partial charge in [-0.2, -0.15) is 5.26 Å². The Morgan fingerprint density at radius 3 is 2.81 bits per heavy atom. The molecule has 0 fully saturated rings. The fraction of sp³-hybridized carbons (Fsp3) is 0.545. The highest BCUT2D eigenvalue weighted by Gasteiger charge is 2.15. The molecule has 5 heteroatoms. The second kappa shape index (κ2) is 5.40. The second-order valence-electron chi connectivity index (χ2n) is 3.72. The molecule has 1 atom stereocenters. The van der Waals surface area contributed by atoms with Crippen molar-refractivity contribution < 1.29 is 4.39 Å². The Balaban J connectivity index is 2.92. The van der Waals surface area contributed by atoms with Gasteiger partial charge in [-0.15, -0.1) is 0 Å². The molecular formula is C11H15FN4. The molecular weight excluding hydrogens is 207 g/mol. The van der Waals surface area contributed by atoms with E-state index in [2.05, 4.69) is 16.0 Å². The van der Waals surface area contributed by atoms with Gasteiger partial charge in [-0.25, -0.2) is 14.4 Å². The number of rotatable bonds is 4. The largest absolute Gasteiger partial charge is 0.356 e. The van der Waals surface area contributed by atoms with Gasteiger partial charge >= 0.3 is 0 Å². The molecule has 0 aliphatic heterocycles. The molecule has 1 unspecified atom stereocenters. The first-order chi connectivity index (χ1) is 7.60. The van der Waals surface area contributed by atoms with Crippen molar-refractivity contribution in [3.05, 3.63) is 17.8 Å². The smallest absolute Gasteiger partial charge is 0.187 e. The lowest BCUT2D eigenvalue weighted by atomic mass is 10.2. The molecule has 1 rings (SSSR count). The van der Waals surface area contributed by atoms with Crippen LogP contribution in [0.4, 0.5) is 10.2 Å². The molecule has 0 amide bonds. The van der Waals surface area contributed by atoms with Crippen molar-refractivity contribution >= 4 is 5.82 Å². The Bertz CT molecular complexity index is 399. The minimum Gasteiger partial charge on any atom is -0.356 e. The van der Waals surface area contributed by atoms with Crippen molar-refractivity contribution in [1.82, 2.24) is 9.97 Å². The number of hydrogen-bond donors (Lipinski definition) is 0. The van der Waals surface area contributed by atoms with Crippen LogP contribution in [-0.4, -0.2) is 23.6 Å². The second-order valence-corrected chi connectivity index (χ2v) is 3.72. The van der Waals surface area contributed by atoms with E-state index in [-0.39, 0.29) is 11.7 Å². The summed E-state index contributed by atoms with van der Waals surface area (Å²) in [5.41, 5.74) is 0.404. The monoisotopic (exact) mass is 222 g/mol. The predicted octanol–water partition coefficient (Wildman–Crippen LogP) is 1.77. The third kappa shape index (κ3) is 2.66. The van der Waals surface area contributed by atoms with E-state index in [4.69, 9.17) is 5.26 Å². The van der Waals surface area contributed by atoms with Gasteiger partial charge in [0, 0.05) is 13.6 Å². The summed E-state index contributed by atoms with van der Waals surface area (Å²) >= 11 is 0. The van der Waals surface area contributed by atoms with Gasteiger partial charge in [0.05, 0.1) is 17.7 Å². The van der Waals surface area contributed by atoms with Gasteiger partial charge in [0.1, 0.15) is 6.33 Å². The van der Waals surface area contributed by atoms with Gasteiger partial charge < -0.3 is 4.90 Å². The van der Waals surface area contributed by atoms with Crippen LogP contribution in [0.2, 0.25) is 0 Å². The molecule has 0 aromatic carbocycles. The summed E-state index contributed by atoms with van der Waals surface area (Å²) < 4.78 is 13.8. The summed E-state index contributed by atoms with van der Waals surface area (Å²) in [6, 6.07) is 2.11. The molecule has 0 aliphatic rings. The van der Waals surface area contributed by atoms with Crippen molar-refractivity contribution in [2.45, 2.75) is 20.3 Å². The van der Waals surface area contributed by atoms with Crippen LogP contribution in [0, 0.1) is 23.1 Å². The number of anilines is 1. The summed E-state index contributed by atoms with van der Waals surface area (Å²) in [5.74, 6) is -0.295. The van der Waals surface area contributed by atoms with Crippen molar-refractivity contribution in [3.63, 3.8) is 0 Å². The minimum absolute atomic E-state index is 0.163. The number of aryl methyl sites for hydroxylation is 1. The van der Waals surface area contributed by atoms with Crippen molar-refractivity contribution in [3.8, 4) is 6.07 Å². The molecule has 0 N–H and O–H groups in total. The first-order valence-electron chi connectivity index (χ1n) is 5.20. The fourth-order valence-corrected chi connectivity index (χ4v) is 1.45. The summed E-state index contributed by atoms with van der Waals surface area (Å²) in [5, 5.41) is 8.70. The maximum Gasteiger partial charge on any atom is 0.187 e.